The Bertz CT molecular complexity index is 601. The molecule has 0 unspecified atom stereocenters. The number of H-pyrrole nitrogens is 1. The molecule has 6 heteroatoms. The summed E-state index contributed by atoms with van der Waals surface area (Å²) >= 11 is 0. The van der Waals surface area contributed by atoms with E-state index in [4.69, 9.17) is 9.47 Å². The van der Waals surface area contributed by atoms with Crippen LogP contribution in [-0.4, -0.2) is 29.0 Å². The maximum atomic E-state index is 11.7. The minimum Gasteiger partial charge on any atom is -0.493 e. The Morgan fingerprint density at radius 3 is 2.61 bits per heavy atom. The Balaban J connectivity index is 2.57. The molecule has 0 aliphatic carbocycles. The number of aromatic nitrogens is 3. The van der Waals surface area contributed by atoms with Crippen LogP contribution in [0.4, 0.5) is 0 Å². The van der Waals surface area contributed by atoms with E-state index in [1.807, 2.05) is 6.92 Å². The van der Waals surface area contributed by atoms with Gasteiger partial charge in [0.25, 0.3) is 0 Å². The topological polar surface area (TPSA) is 69.1 Å². The van der Waals surface area contributed by atoms with Crippen LogP contribution >= 0.6 is 0 Å². The molecule has 1 N–H and O–H groups in total. The van der Waals surface area contributed by atoms with Crippen LogP contribution in [0, 0.1) is 0 Å². The molecule has 0 saturated heterocycles. The SMILES string of the molecule is CCc1n[nH]c(=O)n1-c1ccc(OC)c(OC)c1. The normalized spacial score (nSPS) is 10.4. The van der Waals surface area contributed by atoms with Crippen molar-refractivity contribution in [2.24, 2.45) is 0 Å². The summed E-state index contributed by atoms with van der Waals surface area (Å²) in [5.74, 6) is 1.87. The van der Waals surface area contributed by atoms with E-state index in [0.717, 1.165) is 0 Å². The summed E-state index contributed by atoms with van der Waals surface area (Å²) in [7, 11) is 3.12. The molecule has 0 bridgehead atoms. The van der Waals surface area contributed by atoms with Crippen LogP contribution in [-0.2, 0) is 6.42 Å². The second kappa shape index (κ2) is 4.95. The van der Waals surface area contributed by atoms with Gasteiger partial charge in [-0.1, -0.05) is 6.92 Å². The predicted molar refractivity (Wildman–Crippen MR) is 66.7 cm³/mol. The Labute approximate surface area is 104 Å². The Morgan fingerprint density at radius 1 is 1.28 bits per heavy atom. The minimum absolute atomic E-state index is 0.265. The maximum Gasteiger partial charge on any atom is 0.347 e. The van der Waals surface area contributed by atoms with Crippen molar-refractivity contribution in [3.05, 3.63) is 34.5 Å². The highest BCUT2D eigenvalue weighted by molar-refractivity contribution is 5.49. The van der Waals surface area contributed by atoms with Gasteiger partial charge in [0.1, 0.15) is 5.82 Å². The number of nitrogens with zero attached hydrogens (tertiary/aromatic N) is 2. The highest BCUT2D eigenvalue weighted by Gasteiger charge is 2.11. The lowest BCUT2D eigenvalue weighted by atomic mass is 10.2. The molecular formula is C12H15N3O3. The lowest BCUT2D eigenvalue weighted by Gasteiger charge is -2.10. The van der Waals surface area contributed by atoms with Gasteiger partial charge in [-0.25, -0.2) is 14.5 Å². The van der Waals surface area contributed by atoms with E-state index in [9.17, 15) is 4.79 Å². The fourth-order valence-electron chi connectivity index (χ4n) is 1.80. The standard InChI is InChI=1S/C12H15N3O3/c1-4-11-13-14-12(16)15(11)8-5-6-9(17-2)10(7-8)18-3/h5-7H,4H2,1-3H3,(H,14,16). The number of rotatable bonds is 4. The van der Waals surface area contributed by atoms with Crippen molar-refractivity contribution in [2.75, 3.05) is 14.2 Å². The van der Waals surface area contributed by atoms with E-state index in [0.29, 0.717) is 29.4 Å². The third kappa shape index (κ3) is 1.97. The molecule has 0 aliphatic heterocycles. The molecule has 2 rings (SSSR count). The average molecular weight is 249 g/mol. The van der Waals surface area contributed by atoms with E-state index >= 15 is 0 Å². The summed E-state index contributed by atoms with van der Waals surface area (Å²) < 4.78 is 11.9. The van der Waals surface area contributed by atoms with Crippen LogP contribution in [0.15, 0.2) is 23.0 Å². The molecule has 0 spiro atoms. The van der Waals surface area contributed by atoms with Crippen LogP contribution in [0.3, 0.4) is 0 Å². The second-order valence-corrected chi connectivity index (χ2v) is 3.67. The molecular weight excluding hydrogens is 234 g/mol. The Hall–Kier alpha value is -2.24. The van der Waals surface area contributed by atoms with Crippen LogP contribution in [0.25, 0.3) is 5.69 Å². The van der Waals surface area contributed by atoms with E-state index in [-0.39, 0.29) is 5.69 Å². The molecule has 2 aromatic rings. The van der Waals surface area contributed by atoms with E-state index in [1.54, 1.807) is 32.4 Å². The highest BCUT2D eigenvalue weighted by Crippen LogP contribution is 2.28. The maximum absolute atomic E-state index is 11.7. The zero-order valence-corrected chi connectivity index (χ0v) is 10.6. The summed E-state index contributed by atoms with van der Waals surface area (Å²) in [5.41, 5.74) is 0.433. The predicted octanol–water partition coefficient (Wildman–Crippen LogP) is 1.14. The van der Waals surface area contributed by atoms with Crippen molar-refractivity contribution < 1.29 is 9.47 Å². The number of methoxy groups -OCH3 is 2. The van der Waals surface area contributed by atoms with Gasteiger partial charge in [-0.15, -0.1) is 0 Å². The zero-order valence-electron chi connectivity index (χ0n) is 10.6. The third-order valence-corrected chi connectivity index (χ3v) is 2.68. The molecule has 1 aromatic heterocycles. The second-order valence-electron chi connectivity index (χ2n) is 3.67. The molecule has 18 heavy (non-hydrogen) atoms. The van der Waals surface area contributed by atoms with Gasteiger partial charge >= 0.3 is 5.69 Å². The zero-order chi connectivity index (χ0) is 13.1. The Morgan fingerprint density at radius 2 is 2.00 bits per heavy atom. The fraction of sp³-hybridized carbons (Fsp3) is 0.333. The van der Waals surface area contributed by atoms with Crippen molar-refractivity contribution >= 4 is 0 Å². The monoisotopic (exact) mass is 249 g/mol. The van der Waals surface area contributed by atoms with Crippen molar-refractivity contribution in [3.8, 4) is 17.2 Å². The van der Waals surface area contributed by atoms with Crippen molar-refractivity contribution in [3.63, 3.8) is 0 Å². The van der Waals surface area contributed by atoms with Crippen LogP contribution in [0.5, 0.6) is 11.5 Å². The first-order chi connectivity index (χ1) is 8.71. The van der Waals surface area contributed by atoms with Gasteiger partial charge in [-0.3, -0.25) is 0 Å². The molecule has 0 saturated carbocycles. The number of ether oxygens (including phenoxy) is 2. The smallest absolute Gasteiger partial charge is 0.347 e. The van der Waals surface area contributed by atoms with Gasteiger partial charge < -0.3 is 9.47 Å². The number of hydrogen-bond donors (Lipinski definition) is 1. The van der Waals surface area contributed by atoms with Crippen LogP contribution < -0.4 is 15.2 Å². The summed E-state index contributed by atoms with van der Waals surface area (Å²) in [6, 6.07) is 5.29. The number of aromatic amines is 1. The molecule has 0 radical (unpaired) electrons. The molecule has 1 heterocycles. The molecule has 0 fully saturated rings. The van der Waals surface area contributed by atoms with Gasteiger partial charge in [0.05, 0.1) is 19.9 Å². The van der Waals surface area contributed by atoms with Gasteiger partial charge in [-0.2, -0.15) is 5.10 Å². The lowest BCUT2D eigenvalue weighted by molar-refractivity contribution is 0.355. The summed E-state index contributed by atoms with van der Waals surface area (Å²) in [4.78, 5) is 11.7. The summed E-state index contributed by atoms with van der Waals surface area (Å²) in [6.07, 6.45) is 0.660. The molecule has 0 atom stereocenters. The van der Waals surface area contributed by atoms with Crippen molar-refractivity contribution in [1.29, 1.82) is 0 Å². The van der Waals surface area contributed by atoms with Crippen LogP contribution in [0.1, 0.15) is 12.7 Å². The molecule has 0 amide bonds. The molecule has 6 nitrogen and oxygen atoms in total. The minimum atomic E-state index is -0.265. The lowest BCUT2D eigenvalue weighted by Crippen LogP contribution is -2.16. The third-order valence-electron chi connectivity index (χ3n) is 2.68. The van der Waals surface area contributed by atoms with Gasteiger partial charge in [0.2, 0.25) is 0 Å². The van der Waals surface area contributed by atoms with Crippen molar-refractivity contribution in [2.45, 2.75) is 13.3 Å². The van der Waals surface area contributed by atoms with Gasteiger partial charge in [-0.05, 0) is 12.1 Å². The number of aryl methyl sites for hydroxylation is 1. The van der Waals surface area contributed by atoms with E-state index in [1.165, 1.54) is 4.57 Å². The van der Waals surface area contributed by atoms with Gasteiger partial charge in [0.15, 0.2) is 11.5 Å². The average Bonchev–Trinajstić information content (AvgIpc) is 2.79. The fourth-order valence-corrected chi connectivity index (χ4v) is 1.80. The largest absolute Gasteiger partial charge is 0.493 e. The summed E-state index contributed by atoms with van der Waals surface area (Å²) in [6.45, 7) is 1.94. The first-order valence-corrected chi connectivity index (χ1v) is 5.60. The van der Waals surface area contributed by atoms with Gasteiger partial charge in [0, 0.05) is 12.5 Å². The molecule has 96 valence electrons. The number of benzene rings is 1. The molecule has 0 aliphatic rings. The first kappa shape index (κ1) is 12.2. The number of nitrogens with one attached hydrogen (secondary N) is 1. The first-order valence-electron chi connectivity index (χ1n) is 5.60. The van der Waals surface area contributed by atoms with Crippen LogP contribution in [0.2, 0.25) is 0 Å². The summed E-state index contributed by atoms with van der Waals surface area (Å²) in [5, 5.41) is 6.40. The van der Waals surface area contributed by atoms with Crippen molar-refractivity contribution in [1.82, 2.24) is 14.8 Å². The van der Waals surface area contributed by atoms with E-state index < -0.39 is 0 Å². The number of hydrogen-bond acceptors (Lipinski definition) is 4. The quantitative estimate of drug-likeness (QED) is 0.882. The highest BCUT2D eigenvalue weighted by atomic mass is 16.5. The Kier molecular flexibility index (Phi) is 3.36. The van der Waals surface area contributed by atoms with E-state index in [2.05, 4.69) is 10.2 Å². The molecule has 1 aromatic carbocycles.